The standard InChI is InChI=1S/C21H18F3N3O2S/c22-21(23,24)14-27-17(15-7-2-1-3-8-15)13-25-19(27)30-12-6-11-26-16-9-4-5-10-18(16)29-20(26)28/h1-5,7-10,13H,6,11-12,14H2. The van der Waals surface area contributed by atoms with E-state index in [1.807, 2.05) is 12.1 Å². The lowest BCUT2D eigenvalue weighted by atomic mass is 10.2. The molecule has 0 atom stereocenters. The van der Waals surface area contributed by atoms with Crippen molar-refractivity contribution < 1.29 is 17.6 Å². The highest BCUT2D eigenvalue weighted by molar-refractivity contribution is 7.99. The zero-order valence-corrected chi connectivity index (χ0v) is 16.6. The molecule has 30 heavy (non-hydrogen) atoms. The number of hydrogen-bond acceptors (Lipinski definition) is 4. The van der Waals surface area contributed by atoms with Crippen molar-refractivity contribution in [2.45, 2.75) is 30.8 Å². The Morgan fingerprint density at radius 3 is 2.50 bits per heavy atom. The highest BCUT2D eigenvalue weighted by Gasteiger charge is 2.30. The Labute approximate surface area is 174 Å². The number of para-hydroxylation sites is 2. The Hall–Kier alpha value is -2.94. The van der Waals surface area contributed by atoms with E-state index >= 15 is 0 Å². The number of nitrogens with zero attached hydrogens (tertiary/aromatic N) is 3. The van der Waals surface area contributed by atoms with Crippen LogP contribution in [-0.4, -0.2) is 26.0 Å². The Morgan fingerprint density at radius 2 is 1.73 bits per heavy atom. The lowest BCUT2D eigenvalue weighted by Crippen LogP contribution is -2.19. The maximum absolute atomic E-state index is 13.2. The number of fused-ring (bicyclic) bond motifs is 1. The molecular weight excluding hydrogens is 415 g/mol. The molecule has 0 bridgehead atoms. The largest absolute Gasteiger partial charge is 0.419 e. The molecule has 0 aliphatic carbocycles. The van der Waals surface area contributed by atoms with Crippen LogP contribution in [-0.2, 0) is 13.1 Å². The van der Waals surface area contributed by atoms with E-state index in [2.05, 4.69) is 4.98 Å². The van der Waals surface area contributed by atoms with Crippen LogP contribution in [0.2, 0.25) is 0 Å². The summed E-state index contributed by atoms with van der Waals surface area (Å²) in [6, 6.07) is 16.0. The molecule has 4 rings (SSSR count). The van der Waals surface area contributed by atoms with Gasteiger partial charge in [0.1, 0.15) is 6.54 Å². The number of thioether (sulfide) groups is 1. The summed E-state index contributed by atoms with van der Waals surface area (Å²) < 4.78 is 47.4. The highest BCUT2D eigenvalue weighted by atomic mass is 32.2. The van der Waals surface area contributed by atoms with Gasteiger partial charge < -0.3 is 8.98 Å². The number of rotatable bonds is 7. The zero-order chi connectivity index (χ0) is 21.1. The molecule has 0 N–H and O–H groups in total. The van der Waals surface area contributed by atoms with E-state index in [0.717, 1.165) is 0 Å². The third-order valence-electron chi connectivity index (χ3n) is 4.56. The van der Waals surface area contributed by atoms with Crippen LogP contribution >= 0.6 is 11.8 Å². The summed E-state index contributed by atoms with van der Waals surface area (Å²) >= 11 is 1.24. The molecule has 0 saturated heterocycles. The fourth-order valence-corrected chi connectivity index (χ4v) is 4.16. The van der Waals surface area contributed by atoms with Gasteiger partial charge in [-0.3, -0.25) is 4.57 Å². The maximum Gasteiger partial charge on any atom is 0.419 e. The predicted octanol–water partition coefficient (Wildman–Crippen LogP) is 5.20. The van der Waals surface area contributed by atoms with Crippen molar-refractivity contribution in [3.05, 3.63) is 71.3 Å². The Kier molecular flexibility index (Phi) is 5.72. The lowest BCUT2D eigenvalue weighted by Gasteiger charge is -2.14. The molecule has 5 nitrogen and oxygen atoms in total. The SMILES string of the molecule is O=c1oc2ccccc2n1CCCSc1ncc(-c2ccccc2)n1CC(F)(F)F. The molecule has 0 saturated carbocycles. The molecule has 4 aromatic rings. The minimum Gasteiger partial charge on any atom is -0.408 e. The molecule has 0 unspecified atom stereocenters. The summed E-state index contributed by atoms with van der Waals surface area (Å²) in [5, 5.41) is 0.301. The second-order valence-corrected chi connectivity index (χ2v) is 7.74. The van der Waals surface area contributed by atoms with Crippen molar-refractivity contribution in [2.24, 2.45) is 0 Å². The molecule has 0 aliphatic heterocycles. The molecule has 0 radical (unpaired) electrons. The third-order valence-corrected chi connectivity index (χ3v) is 5.63. The van der Waals surface area contributed by atoms with Gasteiger partial charge in [0.05, 0.1) is 17.4 Å². The minimum absolute atomic E-state index is 0.301. The molecule has 2 aromatic carbocycles. The van der Waals surface area contributed by atoms with E-state index < -0.39 is 18.5 Å². The lowest BCUT2D eigenvalue weighted by molar-refractivity contribution is -0.141. The predicted molar refractivity (Wildman–Crippen MR) is 110 cm³/mol. The van der Waals surface area contributed by atoms with Crippen LogP contribution in [0, 0.1) is 0 Å². The Bertz CT molecular complexity index is 1200. The van der Waals surface area contributed by atoms with E-state index in [1.165, 1.54) is 27.1 Å². The van der Waals surface area contributed by atoms with Crippen molar-refractivity contribution in [3.8, 4) is 11.3 Å². The first kappa shape index (κ1) is 20.3. The molecule has 0 fully saturated rings. The van der Waals surface area contributed by atoms with Crippen LogP contribution in [0.3, 0.4) is 0 Å². The van der Waals surface area contributed by atoms with E-state index in [4.69, 9.17) is 4.42 Å². The molecule has 0 spiro atoms. The Morgan fingerprint density at radius 1 is 1.00 bits per heavy atom. The molecule has 9 heteroatoms. The fourth-order valence-electron chi connectivity index (χ4n) is 3.26. The molecular formula is C21H18F3N3O2S. The van der Waals surface area contributed by atoms with E-state index in [-0.39, 0.29) is 0 Å². The number of halogens is 3. The van der Waals surface area contributed by atoms with Gasteiger partial charge in [-0.15, -0.1) is 0 Å². The Balaban J connectivity index is 1.48. The van der Waals surface area contributed by atoms with Crippen LogP contribution in [0.5, 0.6) is 0 Å². The maximum atomic E-state index is 13.2. The van der Waals surface area contributed by atoms with Gasteiger partial charge in [-0.25, -0.2) is 9.78 Å². The van der Waals surface area contributed by atoms with Gasteiger partial charge >= 0.3 is 11.9 Å². The smallest absolute Gasteiger partial charge is 0.408 e. The summed E-state index contributed by atoms with van der Waals surface area (Å²) in [5.74, 6) is 0.0702. The van der Waals surface area contributed by atoms with Crippen LogP contribution < -0.4 is 5.76 Å². The average molecular weight is 433 g/mol. The topological polar surface area (TPSA) is 53.0 Å². The molecule has 156 valence electrons. The second-order valence-electron chi connectivity index (χ2n) is 6.68. The summed E-state index contributed by atoms with van der Waals surface area (Å²) in [5.41, 5.74) is 2.32. The number of alkyl halides is 3. The number of imidazole rings is 1. The average Bonchev–Trinajstić information content (AvgIpc) is 3.25. The van der Waals surface area contributed by atoms with Crippen LogP contribution in [0.1, 0.15) is 6.42 Å². The van der Waals surface area contributed by atoms with Crippen LogP contribution in [0.15, 0.2) is 75.2 Å². The summed E-state index contributed by atoms with van der Waals surface area (Å²) in [7, 11) is 0. The first-order valence-corrected chi connectivity index (χ1v) is 10.3. The zero-order valence-electron chi connectivity index (χ0n) is 15.8. The van der Waals surface area contributed by atoms with Crippen molar-refractivity contribution in [2.75, 3.05) is 5.75 Å². The highest BCUT2D eigenvalue weighted by Crippen LogP contribution is 2.30. The second kappa shape index (κ2) is 8.43. The van der Waals surface area contributed by atoms with Gasteiger partial charge in [-0.1, -0.05) is 54.2 Å². The van der Waals surface area contributed by atoms with Crippen LogP contribution in [0.4, 0.5) is 13.2 Å². The molecule has 2 aromatic heterocycles. The monoisotopic (exact) mass is 433 g/mol. The van der Waals surface area contributed by atoms with Crippen molar-refractivity contribution in [3.63, 3.8) is 0 Å². The van der Waals surface area contributed by atoms with Gasteiger partial charge in [0.15, 0.2) is 10.7 Å². The summed E-state index contributed by atoms with van der Waals surface area (Å²) in [6.45, 7) is -0.695. The fraction of sp³-hybridized carbons (Fsp3) is 0.238. The molecule has 2 heterocycles. The third kappa shape index (κ3) is 4.46. The molecule has 0 aliphatic rings. The minimum atomic E-state index is -4.36. The van der Waals surface area contributed by atoms with E-state index in [9.17, 15) is 18.0 Å². The normalized spacial score (nSPS) is 12.0. The van der Waals surface area contributed by atoms with Crippen molar-refractivity contribution >= 4 is 22.9 Å². The van der Waals surface area contributed by atoms with Gasteiger partial charge in [-0.2, -0.15) is 13.2 Å². The number of hydrogen-bond donors (Lipinski definition) is 0. The quantitative estimate of drug-likeness (QED) is 0.297. The van der Waals surface area contributed by atoms with E-state index in [1.54, 1.807) is 42.5 Å². The van der Waals surface area contributed by atoms with Gasteiger partial charge in [0.25, 0.3) is 0 Å². The van der Waals surface area contributed by atoms with Crippen molar-refractivity contribution in [1.29, 1.82) is 0 Å². The van der Waals surface area contributed by atoms with Gasteiger partial charge in [-0.05, 0) is 24.1 Å². The van der Waals surface area contributed by atoms with Gasteiger partial charge in [0.2, 0.25) is 0 Å². The number of oxazole rings is 1. The number of benzene rings is 2. The summed E-state index contributed by atoms with van der Waals surface area (Å²) in [6.07, 6.45) is -2.31. The number of aromatic nitrogens is 3. The number of aryl methyl sites for hydroxylation is 1. The molecule has 0 amide bonds. The van der Waals surface area contributed by atoms with Crippen molar-refractivity contribution in [1.82, 2.24) is 14.1 Å². The van der Waals surface area contributed by atoms with Crippen LogP contribution in [0.25, 0.3) is 22.4 Å². The first-order valence-electron chi connectivity index (χ1n) is 9.31. The van der Waals surface area contributed by atoms with E-state index in [0.29, 0.717) is 46.2 Å². The van der Waals surface area contributed by atoms with Gasteiger partial charge in [0, 0.05) is 12.3 Å². The summed E-state index contributed by atoms with van der Waals surface area (Å²) in [4.78, 5) is 16.2. The first-order chi connectivity index (χ1) is 14.4.